The Hall–Kier alpha value is -2.60. The second-order valence-corrected chi connectivity index (χ2v) is 6.16. The molecule has 0 saturated heterocycles. The molecule has 0 atom stereocenters. The zero-order valence-electron chi connectivity index (χ0n) is 14.3. The summed E-state index contributed by atoms with van der Waals surface area (Å²) in [5.74, 6) is -0.170. The third kappa shape index (κ3) is 6.08. The SMILES string of the molecule is CN(C)C(=O)NCc1cc(C(=O)NCCc2ccc(Cl)cc2)ccn1. The summed E-state index contributed by atoms with van der Waals surface area (Å²) < 4.78 is 0. The molecule has 7 heteroatoms. The molecule has 0 spiro atoms. The van der Waals surface area contributed by atoms with Gasteiger partial charge in [0.15, 0.2) is 0 Å². The van der Waals surface area contributed by atoms with Crippen LogP contribution in [0.3, 0.4) is 0 Å². The molecule has 1 heterocycles. The number of hydrogen-bond donors (Lipinski definition) is 2. The van der Waals surface area contributed by atoms with Gasteiger partial charge in [-0.2, -0.15) is 0 Å². The quantitative estimate of drug-likeness (QED) is 0.831. The Balaban J connectivity index is 1.85. The van der Waals surface area contributed by atoms with Crippen molar-refractivity contribution in [2.45, 2.75) is 13.0 Å². The van der Waals surface area contributed by atoms with Crippen molar-refractivity contribution >= 4 is 23.5 Å². The molecule has 3 amide bonds. The van der Waals surface area contributed by atoms with E-state index >= 15 is 0 Å². The first-order chi connectivity index (χ1) is 12.0. The van der Waals surface area contributed by atoms with Gasteiger partial charge in [-0.25, -0.2) is 4.79 Å². The molecule has 2 N–H and O–H groups in total. The number of pyridine rings is 1. The van der Waals surface area contributed by atoms with Gasteiger partial charge in [0.05, 0.1) is 12.2 Å². The molecule has 1 aromatic carbocycles. The second-order valence-electron chi connectivity index (χ2n) is 5.72. The highest BCUT2D eigenvalue weighted by atomic mass is 35.5. The first-order valence-corrected chi connectivity index (χ1v) is 8.26. The van der Waals surface area contributed by atoms with Gasteiger partial charge in [0.2, 0.25) is 0 Å². The van der Waals surface area contributed by atoms with Crippen molar-refractivity contribution in [1.82, 2.24) is 20.5 Å². The largest absolute Gasteiger partial charge is 0.352 e. The van der Waals surface area contributed by atoms with Crippen LogP contribution in [0.25, 0.3) is 0 Å². The summed E-state index contributed by atoms with van der Waals surface area (Å²) in [6.45, 7) is 0.790. The van der Waals surface area contributed by atoms with E-state index in [-0.39, 0.29) is 18.5 Å². The van der Waals surface area contributed by atoms with E-state index in [2.05, 4.69) is 15.6 Å². The number of nitrogens with one attached hydrogen (secondary N) is 2. The van der Waals surface area contributed by atoms with Crippen molar-refractivity contribution in [3.8, 4) is 0 Å². The zero-order valence-corrected chi connectivity index (χ0v) is 15.0. The highest BCUT2D eigenvalue weighted by Gasteiger charge is 2.08. The Bertz CT molecular complexity index is 732. The van der Waals surface area contributed by atoms with Gasteiger partial charge < -0.3 is 15.5 Å². The van der Waals surface area contributed by atoms with Gasteiger partial charge in [-0.15, -0.1) is 0 Å². The maximum atomic E-state index is 12.2. The standard InChI is InChI=1S/C18H21ClN4O2/c1-23(2)18(25)22-12-16-11-14(8-10-20-16)17(24)21-9-7-13-3-5-15(19)6-4-13/h3-6,8,10-11H,7,9,12H2,1-2H3,(H,21,24)(H,22,25). The van der Waals surface area contributed by atoms with Gasteiger partial charge in [-0.1, -0.05) is 23.7 Å². The molecule has 2 rings (SSSR count). The number of benzene rings is 1. The van der Waals surface area contributed by atoms with E-state index in [0.717, 1.165) is 12.0 Å². The topological polar surface area (TPSA) is 74.3 Å². The first kappa shape index (κ1) is 18.7. The summed E-state index contributed by atoms with van der Waals surface area (Å²) in [7, 11) is 3.32. The molecule has 6 nitrogen and oxygen atoms in total. The minimum Gasteiger partial charge on any atom is -0.352 e. The van der Waals surface area contributed by atoms with Crippen molar-refractivity contribution in [2.24, 2.45) is 0 Å². The monoisotopic (exact) mass is 360 g/mol. The van der Waals surface area contributed by atoms with E-state index in [4.69, 9.17) is 11.6 Å². The average Bonchev–Trinajstić information content (AvgIpc) is 2.61. The van der Waals surface area contributed by atoms with Crippen molar-refractivity contribution in [3.05, 3.63) is 64.4 Å². The van der Waals surface area contributed by atoms with E-state index in [1.165, 1.54) is 4.90 Å². The molecule has 0 saturated carbocycles. The minimum absolute atomic E-state index is 0.170. The van der Waals surface area contributed by atoms with Gasteiger partial charge in [0, 0.05) is 37.4 Å². The van der Waals surface area contributed by atoms with Gasteiger partial charge in [0.1, 0.15) is 0 Å². The van der Waals surface area contributed by atoms with E-state index in [0.29, 0.717) is 22.8 Å². The van der Waals surface area contributed by atoms with E-state index < -0.39 is 0 Å². The van der Waals surface area contributed by atoms with Crippen LogP contribution >= 0.6 is 11.6 Å². The van der Waals surface area contributed by atoms with Crippen LogP contribution in [0.1, 0.15) is 21.6 Å². The number of urea groups is 1. The van der Waals surface area contributed by atoms with Crippen molar-refractivity contribution in [2.75, 3.05) is 20.6 Å². The smallest absolute Gasteiger partial charge is 0.317 e. The lowest BCUT2D eigenvalue weighted by atomic mass is 10.1. The number of rotatable bonds is 6. The van der Waals surface area contributed by atoms with Crippen molar-refractivity contribution in [3.63, 3.8) is 0 Å². The number of carbonyl (C=O) groups is 2. The number of halogens is 1. The van der Waals surface area contributed by atoms with E-state index in [1.807, 2.05) is 24.3 Å². The molecule has 0 aliphatic carbocycles. The highest BCUT2D eigenvalue weighted by molar-refractivity contribution is 6.30. The summed E-state index contributed by atoms with van der Waals surface area (Å²) in [5, 5.41) is 6.29. The zero-order chi connectivity index (χ0) is 18.2. The third-order valence-electron chi connectivity index (χ3n) is 3.52. The molecular weight excluding hydrogens is 340 g/mol. The molecule has 0 bridgehead atoms. The lowest BCUT2D eigenvalue weighted by Gasteiger charge is -2.12. The summed E-state index contributed by atoms with van der Waals surface area (Å²) in [6, 6.07) is 10.6. The van der Waals surface area contributed by atoms with Gasteiger partial charge in [0.25, 0.3) is 5.91 Å². The molecule has 1 aromatic heterocycles. The van der Waals surface area contributed by atoms with Gasteiger partial charge >= 0.3 is 6.03 Å². The van der Waals surface area contributed by atoms with Crippen LogP contribution in [-0.4, -0.2) is 42.5 Å². The van der Waals surface area contributed by atoms with Crippen LogP contribution in [0.5, 0.6) is 0 Å². The third-order valence-corrected chi connectivity index (χ3v) is 3.77. The Kier molecular flexibility index (Phi) is 6.77. The highest BCUT2D eigenvalue weighted by Crippen LogP contribution is 2.09. The molecule has 0 aliphatic rings. The minimum atomic E-state index is -0.209. The fourth-order valence-corrected chi connectivity index (χ4v) is 2.24. The van der Waals surface area contributed by atoms with Crippen LogP contribution in [0.15, 0.2) is 42.6 Å². The number of amides is 3. The number of nitrogens with zero attached hydrogens (tertiary/aromatic N) is 2. The number of carbonyl (C=O) groups excluding carboxylic acids is 2. The van der Waals surface area contributed by atoms with E-state index in [9.17, 15) is 9.59 Å². The lowest BCUT2D eigenvalue weighted by Crippen LogP contribution is -2.34. The predicted octanol–water partition coefficient (Wildman–Crippen LogP) is 2.48. The van der Waals surface area contributed by atoms with Crippen LogP contribution in [0, 0.1) is 0 Å². The Morgan fingerprint density at radius 2 is 1.84 bits per heavy atom. The van der Waals surface area contributed by atoms with Crippen LogP contribution in [-0.2, 0) is 13.0 Å². The van der Waals surface area contributed by atoms with Crippen molar-refractivity contribution in [1.29, 1.82) is 0 Å². The van der Waals surface area contributed by atoms with Crippen LogP contribution in [0.2, 0.25) is 5.02 Å². The number of hydrogen-bond acceptors (Lipinski definition) is 3. The Morgan fingerprint density at radius 1 is 1.12 bits per heavy atom. The molecule has 0 aliphatic heterocycles. The maximum Gasteiger partial charge on any atom is 0.317 e. The van der Waals surface area contributed by atoms with Crippen LogP contribution in [0.4, 0.5) is 4.79 Å². The molecule has 2 aromatic rings. The van der Waals surface area contributed by atoms with Crippen LogP contribution < -0.4 is 10.6 Å². The molecular formula is C18H21ClN4O2. The summed E-state index contributed by atoms with van der Waals surface area (Å²) in [6.07, 6.45) is 2.28. The predicted molar refractivity (Wildman–Crippen MR) is 97.6 cm³/mol. The van der Waals surface area contributed by atoms with Gasteiger partial charge in [-0.3, -0.25) is 9.78 Å². The normalized spacial score (nSPS) is 10.2. The van der Waals surface area contributed by atoms with Gasteiger partial charge in [-0.05, 0) is 36.2 Å². The summed E-state index contributed by atoms with van der Waals surface area (Å²) in [4.78, 5) is 29.4. The Morgan fingerprint density at radius 3 is 2.52 bits per heavy atom. The van der Waals surface area contributed by atoms with E-state index in [1.54, 1.807) is 32.4 Å². The summed E-state index contributed by atoms with van der Waals surface area (Å²) in [5.41, 5.74) is 2.24. The number of aromatic nitrogens is 1. The molecule has 25 heavy (non-hydrogen) atoms. The maximum absolute atomic E-state index is 12.2. The summed E-state index contributed by atoms with van der Waals surface area (Å²) >= 11 is 5.85. The molecule has 0 fully saturated rings. The molecule has 0 unspecified atom stereocenters. The average molecular weight is 361 g/mol. The second kappa shape index (κ2) is 9.03. The fraction of sp³-hybridized carbons (Fsp3) is 0.278. The van der Waals surface area contributed by atoms with Crippen molar-refractivity contribution < 1.29 is 9.59 Å². The molecule has 132 valence electrons. The fourth-order valence-electron chi connectivity index (χ4n) is 2.11. The molecule has 0 radical (unpaired) electrons. The lowest BCUT2D eigenvalue weighted by molar-refractivity contribution is 0.0954. The Labute approximate surface area is 152 Å². The first-order valence-electron chi connectivity index (χ1n) is 7.88.